The minimum Gasteiger partial charge on any atom is -0.306 e. The van der Waals surface area contributed by atoms with Crippen molar-refractivity contribution < 1.29 is 0 Å². The fraction of sp³-hybridized carbons (Fsp3) is 0.889. The highest BCUT2D eigenvalue weighted by Gasteiger charge is 2.46. The van der Waals surface area contributed by atoms with E-state index in [1.54, 1.807) is 0 Å². The summed E-state index contributed by atoms with van der Waals surface area (Å²) in [5.41, 5.74) is 0.337. The van der Waals surface area contributed by atoms with Crippen molar-refractivity contribution in [1.29, 1.82) is 5.26 Å². The van der Waals surface area contributed by atoms with E-state index in [1.165, 1.54) is 0 Å². The zero-order chi connectivity index (χ0) is 8.65. The van der Waals surface area contributed by atoms with E-state index in [1.807, 2.05) is 4.90 Å². The molecule has 0 N–H and O–H groups in total. The topological polar surface area (TPSA) is 27.0 Å². The highest BCUT2D eigenvalue weighted by molar-refractivity contribution is 5.05. The molecule has 62 valence electrons. The molecule has 0 saturated carbocycles. The lowest BCUT2D eigenvalue weighted by atomic mass is 9.70. The Bertz CT molecular complexity index is 188. The lowest BCUT2D eigenvalue weighted by Crippen LogP contribution is -2.61. The van der Waals surface area contributed by atoms with Gasteiger partial charge in [-0.1, -0.05) is 27.7 Å². The van der Waals surface area contributed by atoms with Crippen LogP contribution in [-0.2, 0) is 0 Å². The van der Waals surface area contributed by atoms with Crippen LogP contribution in [0.5, 0.6) is 0 Å². The molecule has 0 amide bonds. The van der Waals surface area contributed by atoms with Crippen molar-refractivity contribution in [3.63, 3.8) is 0 Å². The van der Waals surface area contributed by atoms with Crippen LogP contribution >= 0.6 is 0 Å². The number of rotatable bonds is 1. The van der Waals surface area contributed by atoms with Crippen molar-refractivity contribution in [2.45, 2.75) is 33.7 Å². The van der Waals surface area contributed by atoms with Crippen LogP contribution < -0.4 is 0 Å². The van der Waals surface area contributed by atoms with Gasteiger partial charge in [-0.15, -0.1) is 0 Å². The summed E-state index contributed by atoms with van der Waals surface area (Å²) in [6.45, 7) is 9.73. The van der Waals surface area contributed by atoms with Gasteiger partial charge in [0.2, 0.25) is 0 Å². The molecule has 0 aliphatic carbocycles. The third-order valence-corrected chi connectivity index (χ3v) is 2.47. The summed E-state index contributed by atoms with van der Waals surface area (Å²) in [5, 5.41) is 8.71. The lowest BCUT2D eigenvalue weighted by Gasteiger charge is -2.53. The van der Waals surface area contributed by atoms with Crippen LogP contribution in [0.2, 0.25) is 0 Å². The first-order valence-corrected chi connectivity index (χ1v) is 4.15. The number of nitriles is 1. The summed E-state index contributed by atoms with van der Waals surface area (Å²) in [5.74, 6) is 0.582. The maximum atomic E-state index is 8.71. The van der Waals surface area contributed by atoms with Crippen molar-refractivity contribution in [3.8, 4) is 6.19 Å². The fourth-order valence-corrected chi connectivity index (χ4v) is 2.30. The van der Waals surface area contributed by atoms with E-state index in [0.29, 0.717) is 17.4 Å². The third-order valence-electron chi connectivity index (χ3n) is 2.47. The monoisotopic (exact) mass is 152 g/mol. The molecule has 1 unspecified atom stereocenters. The van der Waals surface area contributed by atoms with Gasteiger partial charge in [-0.05, 0) is 5.92 Å². The average molecular weight is 152 g/mol. The van der Waals surface area contributed by atoms with Gasteiger partial charge in [-0.3, -0.25) is 0 Å². The van der Waals surface area contributed by atoms with Gasteiger partial charge in [0.15, 0.2) is 6.19 Å². The van der Waals surface area contributed by atoms with Crippen LogP contribution in [0.3, 0.4) is 0 Å². The molecule has 0 bridgehead atoms. The summed E-state index contributed by atoms with van der Waals surface area (Å²) in [6.07, 6.45) is 2.22. The maximum absolute atomic E-state index is 8.71. The van der Waals surface area contributed by atoms with Crippen LogP contribution in [0.4, 0.5) is 0 Å². The first-order chi connectivity index (χ1) is 4.99. The zero-order valence-electron chi connectivity index (χ0n) is 7.76. The van der Waals surface area contributed by atoms with Crippen LogP contribution in [0.25, 0.3) is 0 Å². The van der Waals surface area contributed by atoms with Crippen LogP contribution in [0.15, 0.2) is 0 Å². The Morgan fingerprint density at radius 3 is 2.27 bits per heavy atom. The summed E-state index contributed by atoms with van der Waals surface area (Å²) < 4.78 is 0. The second-order valence-electron chi connectivity index (χ2n) is 4.41. The second-order valence-corrected chi connectivity index (χ2v) is 4.41. The first-order valence-electron chi connectivity index (χ1n) is 4.15. The molecule has 1 aliphatic rings. The first kappa shape index (κ1) is 8.39. The van der Waals surface area contributed by atoms with Gasteiger partial charge in [-0.25, -0.2) is 0 Å². The SMILES string of the molecule is CC(C)C1N(C#N)CC1(C)C. The smallest absolute Gasteiger partial charge is 0.179 e. The molecule has 1 heterocycles. The molecule has 11 heavy (non-hydrogen) atoms. The molecule has 0 spiro atoms. The van der Waals surface area contributed by atoms with Gasteiger partial charge in [0.1, 0.15) is 0 Å². The van der Waals surface area contributed by atoms with Crippen molar-refractivity contribution in [3.05, 3.63) is 0 Å². The molecule has 0 radical (unpaired) electrons. The summed E-state index contributed by atoms with van der Waals surface area (Å²) >= 11 is 0. The molecule has 0 aromatic heterocycles. The lowest BCUT2D eigenvalue weighted by molar-refractivity contribution is -0.0318. The van der Waals surface area contributed by atoms with Crippen LogP contribution in [0.1, 0.15) is 27.7 Å². The standard InChI is InChI=1S/C9H16N2/c1-7(2)8-9(3,4)5-11(8)6-10/h7-8H,5H2,1-4H3. The minimum atomic E-state index is 0.337. The molecule has 2 heteroatoms. The molecular weight excluding hydrogens is 136 g/mol. The number of hydrogen-bond acceptors (Lipinski definition) is 2. The molecule has 0 aromatic rings. The maximum Gasteiger partial charge on any atom is 0.179 e. The highest BCUT2D eigenvalue weighted by atomic mass is 15.2. The van der Waals surface area contributed by atoms with Crippen LogP contribution in [0, 0.1) is 22.8 Å². The minimum absolute atomic E-state index is 0.337. The molecule has 1 atom stereocenters. The Morgan fingerprint density at radius 1 is 1.55 bits per heavy atom. The number of nitrogens with zero attached hydrogens (tertiary/aromatic N) is 2. The van der Waals surface area contributed by atoms with E-state index < -0.39 is 0 Å². The summed E-state index contributed by atoms with van der Waals surface area (Å²) in [7, 11) is 0. The number of likely N-dealkylation sites (tertiary alicyclic amines) is 1. The highest BCUT2D eigenvalue weighted by Crippen LogP contribution is 2.40. The van der Waals surface area contributed by atoms with E-state index in [4.69, 9.17) is 5.26 Å². The zero-order valence-corrected chi connectivity index (χ0v) is 7.76. The Morgan fingerprint density at radius 2 is 2.09 bits per heavy atom. The normalized spacial score (nSPS) is 28.0. The molecule has 1 saturated heterocycles. The molecule has 0 aromatic carbocycles. The van der Waals surface area contributed by atoms with Gasteiger partial charge in [0, 0.05) is 18.0 Å². The number of hydrogen-bond donors (Lipinski definition) is 0. The third kappa shape index (κ3) is 1.20. The molecule has 1 rings (SSSR count). The van der Waals surface area contributed by atoms with E-state index in [2.05, 4.69) is 33.9 Å². The summed E-state index contributed by atoms with van der Waals surface area (Å²) in [4.78, 5) is 1.88. The molecule has 2 nitrogen and oxygen atoms in total. The van der Waals surface area contributed by atoms with Crippen molar-refractivity contribution in [2.75, 3.05) is 6.54 Å². The van der Waals surface area contributed by atoms with E-state index in [0.717, 1.165) is 6.54 Å². The van der Waals surface area contributed by atoms with Gasteiger partial charge in [0.05, 0.1) is 0 Å². The Hall–Kier alpha value is -0.710. The van der Waals surface area contributed by atoms with Crippen molar-refractivity contribution in [1.82, 2.24) is 4.90 Å². The quantitative estimate of drug-likeness (QED) is 0.536. The second kappa shape index (κ2) is 2.41. The summed E-state index contributed by atoms with van der Waals surface area (Å²) in [6, 6.07) is 0.451. The Balaban J connectivity index is 2.66. The Kier molecular flexibility index (Phi) is 1.83. The fourth-order valence-electron chi connectivity index (χ4n) is 2.30. The van der Waals surface area contributed by atoms with E-state index >= 15 is 0 Å². The predicted molar refractivity (Wildman–Crippen MR) is 44.7 cm³/mol. The average Bonchev–Trinajstić information content (AvgIpc) is 1.81. The van der Waals surface area contributed by atoms with Gasteiger partial charge < -0.3 is 4.90 Å². The molecule has 1 aliphatic heterocycles. The predicted octanol–water partition coefficient (Wildman–Crippen LogP) is 1.83. The molecular formula is C9H16N2. The van der Waals surface area contributed by atoms with E-state index in [-0.39, 0.29) is 0 Å². The van der Waals surface area contributed by atoms with Crippen LogP contribution in [-0.4, -0.2) is 17.5 Å². The van der Waals surface area contributed by atoms with Crippen molar-refractivity contribution in [2.24, 2.45) is 11.3 Å². The molecule has 1 fully saturated rings. The van der Waals surface area contributed by atoms with Gasteiger partial charge in [0.25, 0.3) is 0 Å². The van der Waals surface area contributed by atoms with Gasteiger partial charge >= 0.3 is 0 Å². The van der Waals surface area contributed by atoms with Gasteiger partial charge in [-0.2, -0.15) is 5.26 Å². The van der Waals surface area contributed by atoms with E-state index in [9.17, 15) is 0 Å². The van der Waals surface area contributed by atoms with Crippen molar-refractivity contribution >= 4 is 0 Å². The largest absolute Gasteiger partial charge is 0.306 e. The Labute approximate surface area is 68.8 Å².